The topological polar surface area (TPSA) is 98.7 Å². The Bertz CT molecular complexity index is 677. The molecule has 1 aromatic carbocycles. The molecule has 1 aliphatic heterocycles. The lowest BCUT2D eigenvalue weighted by molar-refractivity contribution is -0.137. The van der Waals surface area contributed by atoms with E-state index >= 15 is 0 Å². The first-order valence-corrected chi connectivity index (χ1v) is 9.36. The van der Waals surface area contributed by atoms with Crippen molar-refractivity contribution in [1.82, 2.24) is 10.2 Å². The van der Waals surface area contributed by atoms with Crippen LogP contribution in [0.15, 0.2) is 24.3 Å². The molecular weight excluding hydrogens is 346 g/mol. The van der Waals surface area contributed by atoms with Crippen molar-refractivity contribution in [2.45, 2.75) is 52.0 Å². The van der Waals surface area contributed by atoms with Crippen LogP contribution in [0.3, 0.4) is 0 Å². The van der Waals surface area contributed by atoms with Crippen molar-refractivity contribution >= 4 is 23.6 Å². The molecule has 0 bridgehead atoms. The highest BCUT2D eigenvalue weighted by Crippen LogP contribution is 2.19. The summed E-state index contributed by atoms with van der Waals surface area (Å²) in [6.07, 6.45) is 2.38. The molecule has 1 aliphatic rings. The fourth-order valence-corrected chi connectivity index (χ4v) is 3.04. The van der Waals surface area contributed by atoms with E-state index in [4.69, 9.17) is 5.11 Å². The van der Waals surface area contributed by atoms with Crippen molar-refractivity contribution < 1.29 is 19.5 Å². The number of nitrogens with zero attached hydrogens (tertiary/aromatic N) is 1. The normalized spacial score (nSPS) is 15.3. The zero-order valence-corrected chi connectivity index (χ0v) is 16.2. The Balaban J connectivity index is 1.88. The third-order valence-electron chi connectivity index (χ3n) is 4.88. The molecule has 27 heavy (non-hydrogen) atoms. The van der Waals surface area contributed by atoms with E-state index in [0.29, 0.717) is 23.6 Å². The van der Waals surface area contributed by atoms with Crippen LogP contribution in [0, 0.1) is 5.92 Å². The Morgan fingerprint density at radius 3 is 2.30 bits per heavy atom. The summed E-state index contributed by atoms with van der Waals surface area (Å²) in [4.78, 5) is 37.2. The van der Waals surface area contributed by atoms with Crippen LogP contribution in [0.4, 0.5) is 10.5 Å². The minimum atomic E-state index is -0.895. The highest BCUT2D eigenvalue weighted by molar-refractivity contribution is 5.95. The molecule has 1 aromatic rings. The summed E-state index contributed by atoms with van der Waals surface area (Å²) in [6, 6.07) is 6.42. The van der Waals surface area contributed by atoms with E-state index in [9.17, 15) is 14.4 Å². The van der Waals surface area contributed by atoms with E-state index < -0.39 is 17.5 Å². The summed E-state index contributed by atoms with van der Waals surface area (Å²) in [5.74, 6) is -0.208. The number of aliphatic carboxylic acids is 1. The van der Waals surface area contributed by atoms with E-state index in [1.165, 1.54) is 0 Å². The number of carbonyl (C=O) groups excluding carboxylic acids is 2. The first-order valence-electron chi connectivity index (χ1n) is 9.36. The molecule has 0 radical (unpaired) electrons. The number of amides is 3. The molecule has 7 heteroatoms. The predicted molar refractivity (Wildman–Crippen MR) is 104 cm³/mol. The van der Waals surface area contributed by atoms with E-state index in [-0.39, 0.29) is 12.3 Å². The quantitative estimate of drug-likeness (QED) is 0.710. The number of piperidine rings is 1. The van der Waals surface area contributed by atoms with Crippen molar-refractivity contribution in [2.24, 2.45) is 5.92 Å². The number of benzene rings is 1. The molecule has 0 unspecified atom stereocenters. The number of hydrogen-bond acceptors (Lipinski definition) is 3. The van der Waals surface area contributed by atoms with E-state index in [1.54, 1.807) is 38.1 Å². The van der Waals surface area contributed by atoms with Crippen molar-refractivity contribution in [3.8, 4) is 0 Å². The molecule has 3 amide bonds. The fraction of sp³-hybridized carbons (Fsp3) is 0.550. The third kappa shape index (κ3) is 6.58. The zero-order valence-electron chi connectivity index (χ0n) is 16.2. The number of anilines is 1. The lowest BCUT2D eigenvalue weighted by Gasteiger charge is -2.30. The van der Waals surface area contributed by atoms with E-state index in [2.05, 4.69) is 17.6 Å². The zero-order chi connectivity index (χ0) is 20.0. The second kappa shape index (κ2) is 8.88. The number of carboxylic acid groups (broad SMARTS) is 1. The summed E-state index contributed by atoms with van der Waals surface area (Å²) in [5, 5.41) is 14.2. The molecule has 2 rings (SSSR count). The summed E-state index contributed by atoms with van der Waals surface area (Å²) >= 11 is 0. The van der Waals surface area contributed by atoms with E-state index in [1.807, 2.05) is 4.90 Å². The smallest absolute Gasteiger partial charge is 0.319 e. The minimum Gasteiger partial charge on any atom is -0.481 e. The SMILES string of the molecule is CC1CCN(C(=O)c2ccc(NC(=O)NC(C)(C)CCC(=O)O)cc2)CC1. The Labute approximate surface area is 160 Å². The Hall–Kier alpha value is -2.57. The van der Waals surface area contributed by atoms with Crippen LogP contribution in [0.25, 0.3) is 0 Å². The molecule has 1 heterocycles. The van der Waals surface area contributed by atoms with Gasteiger partial charge in [0.1, 0.15) is 0 Å². The highest BCUT2D eigenvalue weighted by atomic mass is 16.4. The molecule has 0 aliphatic carbocycles. The average molecular weight is 375 g/mol. The van der Waals surface area contributed by atoms with Crippen LogP contribution in [-0.4, -0.2) is 46.5 Å². The number of likely N-dealkylation sites (tertiary alicyclic amines) is 1. The van der Waals surface area contributed by atoms with Crippen LogP contribution in [0.5, 0.6) is 0 Å². The highest BCUT2D eigenvalue weighted by Gasteiger charge is 2.23. The van der Waals surface area contributed by atoms with Gasteiger partial charge in [0.15, 0.2) is 0 Å². The van der Waals surface area contributed by atoms with Gasteiger partial charge in [-0.25, -0.2) is 4.79 Å². The Kier molecular flexibility index (Phi) is 6.82. The predicted octanol–water partition coefficient (Wildman–Crippen LogP) is 3.32. The van der Waals surface area contributed by atoms with Crippen LogP contribution >= 0.6 is 0 Å². The number of carbonyl (C=O) groups is 3. The largest absolute Gasteiger partial charge is 0.481 e. The van der Waals surface area contributed by atoms with Crippen molar-refractivity contribution in [3.63, 3.8) is 0 Å². The van der Waals surface area contributed by atoms with Crippen LogP contribution in [-0.2, 0) is 4.79 Å². The van der Waals surface area contributed by atoms with Crippen molar-refractivity contribution in [3.05, 3.63) is 29.8 Å². The molecule has 1 fully saturated rings. The lowest BCUT2D eigenvalue weighted by atomic mass is 9.98. The summed E-state index contributed by atoms with van der Waals surface area (Å²) in [5.41, 5.74) is 0.548. The molecule has 0 spiro atoms. The van der Waals surface area contributed by atoms with Crippen LogP contribution < -0.4 is 10.6 Å². The van der Waals surface area contributed by atoms with Gasteiger partial charge in [0.25, 0.3) is 5.91 Å². The first-order chi connectivity index (χ1) is 12.7. The molecule has 0 saturated carbocycles. The molecule has 0 atom stereocenters. The number of hydrogen-bond donors (Lipinski definition) is 3. The van der Waals surface area contributed by atoms with Gasteiger partial charge in [-0.1, -0.05) is 6.92 Å². The van der Waals surface area contributed by atoms with E-state index in [0.717, 1.165) is 25.9 Å². The maximum absolute atomic E-state index is 12.5. The molecule has 1 saturated heterocycles. The Morgan fingerprint density at radius 1 is 1.15 bits per heavy atom. The number of rotatable bonds is 6. The average Bonchev–Trinajstić information content (AvgIpc) is 2.60. The van der Waals surface area contributed by atoms with Crippen LogP contribution in [0.1, 0.15) is 56.8 Å². The molecular formula is C20H29N3O4. The molecule has 0 aromatic heterocycles. The van der Waals surface area contributed by atoms with Gasteiger partial charge in [0, 0.05) is 36.3 Å². The maximum atomic E-state index is 12.5. The monoisotopic (exact) mass is 375 g/mol. The number of nitrogens with one attached hydrogen (secondary N) is 2. The second-order valence-electron chi connectivity index (χ2n) is 7.91. The Morgan fingerprint density at radius 2 is 1.74 bits per heavy atom. The van der Waals surface area contributed by atoms with Gasteiger partial charge in [-0.15, -0.1) is 0 Å². The maximum Gasteiger partial charge on any atom is 0.319 e. The van der Waals surface area contributed by atoms with Gasteiger partial charge >= 0.3 is 12.0 Å². The minimum absolute atomic E-state index is 0.0145. The summed E-state index contributed by atoms with van der Waals surface area (Å²) < 4.78 is 0. The molecule has 3 N–H and O–H groups in total. The van der Waals surface area contributed by atoms with Gasteiger partial charge in [0.05, 0.1) is 0 Å². The standard InChI is InChI=1S/C20H29N3O4/c1-14-9-12-23(13-10-14)18(26)15-4-6-16(7-5-15)21-19(27)22-20(2,3)11-8-17(24)25/h4-7,14H,8-13H2,1-3H3,(H,24,25)(H2,21,22,27). The molecule has 7 nitrogen and oxygen atoms in total. The first kappa shape index (κ1) is 20.7. The molecule has 148 valence electrons. The van der Waals surface area contributed by atoms with Crippen molar-refractivity contribution in [2.75, 3.05) is 18.4 Å². The van der Waals surface area contributed by atoms with Gasteiger partial charge in [-0.2, -0.15) is 0 Å². The number of carboxylic acids is 1. The summed E-state index contributed by atoms with van der Waals surface area (Å²) in [7, 11) is 0. The lowest BCUT2D eigenvalue weighted by Crippen LogP contribution is -2.45. The van der Waals surface area contributed by atoms with Crippen molar-refractivity contribution in [1.29, 1.82) is 0 Å². The van der Waals surface area contributed by atoms with Gasteiger partial charge in [0.2, 0.25) is 0 Å². The summed E-state index contributed by atoms with van der Waals surface area (Å²) in [6.45, 7) is 7.32. The van der Waals surface area contributed by atoms with Gasteiger partial charge in [-0.05, 0) is 63.3 Å². The van der Waals surface area contributed by atoms with Gasteiger partial charge in [-0.3, -0.25) is 9.59 Å². The van der Waals surface area contributed by atoms with Gasteiger partial charge < -0.3 is 20.6 Å². The van der Waals surface area contributed by atoms with Crippen LogP contribution in [0.2, 0.25) is 0 Å². The third-order valence-corrected chi connectivity index (χ3v) is 4.88. The fourth-order valence-electron chi connectivity index (χ4n) is 3.04. The number of urea groups is 1. The second-order valence-corrected chi connectivity index (χ2v) is 7.91.